The summed E-state index contributed by atoms with van der Waals surface area (Å²) in [7, 11) is 1.54. The van der Waals surface area contributed by atoms with E-state index in [0.717, 1.165) is 0 Å². The molecule has 0 aromatic rings. The van der Waals surface area contributed by atoms with Gasteiger partial charge in [0, 0.05) is 5.92 Å². The van der Waals surface area contributed by atoms with Crippen molar-refractivity contribution >= 4 is 23.6 Å². The summed E-state index contributed by atoms with van der Waals surface area (Å²) in [5.74, 6) is -2.60. The maximum Gasteiger partial charge on any atom is 0.231 e. The highest BCUT2D eigenvalue weighted by Gasteiger charge is 2.74. The molecule has 2 saturated heterocycles. The molecule has 22 heavy (non-hydrogen) atoms. The van der Waals surface area contributed by atoms with Crippen molar-refractivity contribution in [2.75, 3.05) is 7.11 Å². The first-order valence-electron chi connectivity index (χ1n) is 7.49. The van der Waals surface area contributed by atoms with Crippen molar-refractivity contribution in [2.24, 2.45) is 47.3 Å². The van der Waals surface area contributed by atoms with Gasteiger partial charge in [0.2, 0.25) is 23.6 Å². The second-order valence-electron chi connectivity index (χ2n) is 6.84. The van der Waals surface area contributed by atoms with Crippen molar-refractivity contribution in [2.45, 2.75) is 0 Å². The molecule has 6 aliphatic rings. The van der Waals surface area contributed by atoms with Crippen molar-refractivity contribution in [3.8, 4) is 0 Å². The lowest BCUT2D eigenvalue weighted by atomic mass is 9.40. The third-order valence-corrected chi connectivity index (χ3v) is 6.33. The average Bonchev–Trinajstić information content (AvgIpc) is 2.87. The molecule has 2 saturated carbocycles. The van der Waals surface area contributed by atoms with E-state index in [1.807, 2.05) is 6.08 Å². The maximum atomic E-state index is 12.2. The Kier molecular flexibility index (Phi) is 2.02. The van der Waals surface area contributed by atoms with Gasteiger partial charge in [0.05, 0.1) is 36.5 Å². The van der Waals surface area contributed by atoms with Crippen molar-refractivity contribution in [1.29, 1.82) is 0 Å². The topological polar surface area (TPSA) is 102 Å². The molecular weight excluding hydrogens is 288 g/mol. The predicted molar refractivity (Wildman–Crippen MR) is 69.3 cm³/mol. The van der Waals surface area contributed by atoms with E-state index in [-0.39, 0.29) is 59.1 Å². The first-order valence-corrected chi connectivity index (χ1v) is 7.49. The molecule has 4 aliphatic carbocycles. The van der Waals surface area contributed by atoms with Gasteiger partial charge in [-0.2, -0.15) is 0 Å². The number of fused-ring (bicyclic) bond motifs is 1. The summed E-state index contributed by atoms with van der Waals surface area (Å²) in [4.78, 5) is 48.4. The Morgan fingerprint density at radius 3 is 1.95 bits per heavy atom. The lowest BCUT2D eigenvalue weighted by molar-refractivity contribution is -0.173. The Morgan fingerprint density at radius 2 is 1.32 bits per heavy atom. The lowest BCUT2D eigenvalue weighted by Gasteiger charge is -2.61. The fraction of sp³-hybridized carbons (Fsp3) is 0.600. The van der Waals surface area contributed by atoms with Gasteiger partial charge in [0.15, 0.2) is 0 Å². The first-order chi connectivity index (χ1) is 10.5. The number of amides is 4. The van der Waals surface area contributed by atoms with E-state index in [4.69, 9.17) is 4.74 Å². The molecule has 114 valence electrons. The van der Waals surface area contributed by atoms with Crippen LogP contribution in [0.5, 0.6) is 0 Å². The van der Waals surface area contributed by atoms with E-state index in [2.05, 4.69) is 10.6 Å². The standard InChI is InChI=1S/C15H14N2O5/c1-22-4-2-3-5-8(11-9(5)13(19)17-15(11)21)7(4)10-6(3)12(18)16-14(10)20/h2-3,5-11H,1H3,(H,16,18,20)(H,17,19,21). The molecule has 0 aromatic heterocycles. The van der Waals surface area contributed by atoms with Gasteiger partial charge in [-0.05, 0) is 23.8 Å². The van der Waals surface area contributed by atoms with Crippen LogP contribution < -0.4 is 10.6 Å². The largest absolute Gasteiger partial charge is 0.501 e. The summed E-state index contributed by atoms with van der Waals surface area (Å²) in [5, 5.41) is 4.81. The zero-order valence-electron chi connectivity index (χ0n) is 11.7. The number of hydrogen-bond donors (Lipinski definition) is 2. The summed E-state index contributed by atoms with van der Waals surface area (Å²) >= 11 is 0. The zero-order valence-corrected chi connectivity index (χ0v) is 11.7. The van der Waals surface area contributed by atoms with Crippen molar-refractivity contribution in [3.05, 3.63) is 11.8 Å². The van der Waals surface area contributed by atoms with Gasteiger partial charge in [0.1, 0.15) is 0 Å². The van der Waals surface area contributed by atoms with Crippen molar-refractivity contribution in [1.82, 2.24) is 10.6 Å². The second kappa shape index (κ2) is 3.59. The summed E-state index contributed by atoms with van der Waals surface area (Å²) in [5.41, 5.74) is 0. The molecule has 8 unspecified atom stereocenters. The first kappa shape index (κ1) is 12.4. The molecule has 2 N–H and O–H groups in total. The summed E-state index contributed by atoms with van der Waals surface area (Å²) in [6.45, 7) is 0. The van der Waals surface area contributed by atoms with Crippen molar-refractivity contribution in [3.63, 3.8) is 0 Å². The van der Waals surface area contributed by atoms with E-state index in [0.29, 0.717) is 5.76 Å². The molecule has 4 amide bonds. The van der Waals surface area contributed by atoms with Crippen LogP contribution in [0.4, 0.5) is 0 Å². The molecule has 7 nitrogen and oxygen atoms in total. The lowest BCUT2D eigenvalue weighted by Crippen LogP contribution is -2.64. The molecule has 7 heteroatoms. The smallest absolute Gasteiger partial charge is 0.231 e. The highest BCUT2D eigenvalue weighted by molar-refractivity contribution is 6.09. The number of carbonyl (C=O) groups is 4. The molecule has 4 fully saturated rings. The van der Waals surface area contributed by atoms with Gasteiger partial charge in [-0.1, -0.05) is 0 Å². The normalized spacial score (nSPS) is 50.5. The highest BCUT2D eigenvalue weighted by Crippen LogP contribution is 2.68. The van der Waals surface area contributed by atoms with Gasteiger partial charge in [-0.15, -0.1) is 0 Å². The van der Waals surface area contributed by atoms with Gasteiger partial charge in [-0.25, -0.2) is 0 Å². The quantitative estimate of drug-likeness (QED) is 0.592. The Morgan fingerprint density at radius 1 is 0.773 bits per heavy atom. The fourth-order valence-corrected chi connectivity index (χ4v) is 5.71. The van der Waals surface area contributed by atoms with Gasteiger partial charge in [0.25, 0.3) is 0 Å². The number of imide groups is 2. The zero-order chi connectivity index (χ0) is 15.3. The molecule has 0 spiro atoms. The number of allylic oxidation sites excluding steroid dienone is 2. The molecule has 2 bridgehead atoms. The Hall–Kier alpha value is -2.18. The number of methoxy groups -OCH3 is 1. The monoisotopic (exact) mass is 302 g/mol. The van der Waals surface area contributed by atoms with Crippen LogP contribution in [0.2, 0.25) is 0 Å². The minimum Gasteiger partial charge on any atom is -0.501 e. The van der Waals surface area contributed by atoms with Crippen LogP contribution in [0, 0.1) is 47.3 Å². The van der Waals surface area contributed by atoms with Crippen LogP contribution in [0.15, 0.2) is 11.8 Å². The minimum absolute atomic E-state index is 0.0433. The van der Waals surface area contributed by atoms with E-state index in [1.165, 1.54) is 0 Å². The number of rotatable bonds is 1. The SMILES string of the molecule is COC1=CC2C3C(=O)NC(=O)C3C1C1C3C(=O)NC(=O)C3C21. The third kappa shape index (κ3) is 1.10. The van der Waals surface area contributed by atoms with Crippen LogP contribution in [0.1, 0.15) is 0 Å². The van der Waals surface area contributed by atoms with E-state index in [9.17, 15) is 19.2 Å². The van der Waals surface area contributed by atoms with Gasteiger partial charge < -0.3 is 4.74 Å². The molecule has 0 radical (unpaired) electrons. The molecular formula is C15H14N2O5. The Bertz CT molecular complexity index is 698. The third-order valence-electron chi connectivity index (χ3n) is 6.33. The highest BCUT2D eigenvalue weighted by atomic mass is 16.5. The van der Waals surface area contributed by atoms with Crippen LogP contribution >= 0.6 is 0 Å². The number of ether oxygens (including phenoxy) is 1. The Balaban J connectivity index is 1.66. The van der Waals surface area contributed by atoms with Crippen molar-refractivity contribution < 1.29 is 23.9 Å². The predicted octanol–water partition coefficient (Wildman–Crippen LogP) is -1.20. The molecule has 8 atom stereocenters. The van der Waals surface area contributed by atoms with Gasteiger partial charge in [-0.3, -0.25) is 29.8 Å². The Labute approximate surface area is 125 Å². The average molecular weight is 302 g/mol. The van der Waals surface area contributed by atoms with Gasteiger partial charge >= 0.3 is 0 Å². The van der Waals surface area contributed by atoms with E-state index >= 15 is 0 Å². The molecule has 2 heterocycles. The molecule has 6 rings (SSSR count). The van der Waals surface area contributed by atoms with Crippen LogP contribution in [-0.2, 0) is 23.9 Å². The number of nitrogens with one attached hydrogen (secondary N) is 2. The fourth-order valence-electron chi connectivity index (χ4n) is 5.71. The van der Waals surface area contributed by atoms with Crippen LogP contribution in [0.3, 0.4) is 0 Å². The molecule has 2 aliphatic heterocycles. The molecule has 0 aromatic carbocycles. The summed E-state index contributed by atoms with van der Waals surface area (Å²) in [6, 6.07) is 0. The maximum absolute atomic E-state index is 12.2. The van der Waals surface area contributed by atoms with E-state index in [1.54, 1.807) is 7.11 Å². The second-order valence-corrected chi connectivity index (χ2v) is 6.84. The minimum atomic E-state index is -0.469. The summed E-state index contributed by atoms with van der Waals surface area (Å²) < 4.78 is 5.43. The van der Waals surface area contributed by atoms with E-state index < -0.39 is 11.8 Å². The number of carbonyl (C=O) groups excluding carboxylic acids is 4. The number of hydrogen-bond acceptors (Lipinski definition) is 5. The van der Waals surface area contributed by atoms with Crippen LogP contribution in [-0.4, -0.2) is 30.7 Å². The summed E-state index contributed by atoms with van der Waals surface area (Å²) in [6.07, 6.45) is 1.90. The van der Waals surface area contributed by atoms with Crippen LogP contribution in [0.25, 0.3) is 0 Å².